The summed E-state index contributed by atoms with van der Waals surface area (Å²) in [6, 6.07) is 21.1. The SMILES string of the molecule is N#CC(C#N)=C1OC(c2ccc(Cl)cc2)CN1Cc1ccccc1. The highest BCUT2D eigenvalue weighted by molar-refractivity contribution is 6.30. The third-order valence-corrected chi connectivity index (χ3v) is 4.07. The largest absolute Gasteiger partial charge is 0.467 e. The molecule has 2 aromatic rings. The summed E-state index contributed by atoms with van der Waals surface area (Å²) < 4.78 is 5.93. The van der Waals surface area contributed by atoms with Crippen molar-refractivity contribution in [3.05, 3.63) is 82.2 Å². The number of allylic oxidation sites excluding steroid dienone is 1. The average molecular weight is 336 g/mol. The van der Waals surface area contributed by atoms with Crippen LogP contribution in [0.15, 0.2) is 66.1 Å². The number of ether oxygens (including phenoxy) is 1. The van der Waals surface area contributed by atoms with Crippen molar-refractivity contribution in [2.24, 2.45) is 0 Å². The number of nitrogens with zero attached hydrogens (tertiary/aromatic N) is 3. The van der Waals surface area contributed by atoms with Gasteiger partial charge in [-0.25, -0.2) is 0 Å². The lowest BCUT2D eigenvalue weighted by atomic mass is 10.1. The molecule has 4 nitrogen and oxygen atoms in total. The predicted octanol–water partition coefficient (Wildman–Crippen LogP) is 4.17. The number of benzene rings is 2. The van der Waals surface area contributed by atoms with E-state index in [4.69, 9.17) is 16.3 Å². The molecule has 1 atom stereocenters. The van der Waals surface area contributed by atoms with E-state index >= 15 is 0 Å². The van der Waals surface area contributed by atoms with E-state index in [1.807, 2.05) is 59.5 Å². The standard InChI is InChI=1S/C19H14ClN3O/c20-17-8-6-15(7-9-17)18-13-23(12-14-4-2-1-3-5-14)19(24-18)16(10-21)11-22/h1-9,18H,12-13H2. The molecule has 1 aliphatic rings. The average Bonchev–Trinajstić information content (AvgIpc) is 3.01. The Morgan fingerprint density at radius 2 is 1.75 bits per heavy atom. The van der Waals surface area contributed by atoms with Gasteiger partial charge in [-0.2, -0.15) is 10.5 Å². The van der Waals surface area contributed by atoms with E-state index in [0.29, 0.717) is 24.0 Å². The van der Waals surface area contributed by atoms with Gasteiger partial charge in [-0.05, 0) is 23.3 Å². The molecule has 118 valence electrons. The first-order chi connectivity index (χ1) is 11.7. The fourth-order valence-electron chi connectivity index (χ4n) is 2.66. The molecule has 0 radical (unpaired) electrons. The monoisotopic (exact) mass is 335 g/mol. The summed E-state index contributed by atoms with van der Waals surface area (Å²) in [6.07, 6.45) is -0.238. The van der Waals surface area contributed by atoms with E-state index in [9.17, 15) is 10.5 Å². The van der Waals surface area contributed by atoms with Crippen molar-refractivity contribution >= 4 is 11.6 Å². The van der Waals surface area contributed by atoms with Gasteiger partial charge in [0.05, 0.1) is 6.54 Å². The van der Waals surface area contributed by atoms with Crippen molar-refractivity contribution in [2.45, 2.75) is 12.6 Å². The molecule has 1 unspecified atom stereocenters. The molecule has 1 fully saturated rings. The third kappa shape index (κ3) is 3.35. The fraction of sp³-hybridized carbons (Fsp3) is 0.158. The Labute approximate surface area is 145 Å². The van der Waals surface area contributed by atoms with Gasteiger partial charge in [0.25, 0.3) is 0 Å². The van der Waals surface area contributed by atoms with Crippen molar-refractivity contribution in [3.63, 3.8) is 0 Å². The number of halogens is 1. The summed E-state index contributed by atoms with van der Waals surface area (Å²) in [4.78, 5) is 1.93. The first-order valence-electron chi connectivity index (χ1n) is 7.46. The molecule has 3 rings (SSSR count). The maximum absolute atomic E-state index is 9.21. The second kappa shape index (κ2) is 7.08. The van der Waals surface area contributed by atoms with Crippen molar-refractivity contribution < 1.29 is 4.74 Å². The van der Waals surface area contributed by atoms with Crippen LogP contribution in [0.4, 0.5) is 0 Å². The molecule has 2 aromatic carbocycles. The Hall–Kier alpha value is -2.95. The second-order valence-corrected chi connectivity index (χ2v) is 5.86. The van der Waals surface area contributed by atoms with E-state index in [1.54, 1.807) is 12.1 Å². The molecule has 0 bridgehead atoms. The maximum atomic E-state index is 9.21. The first-order valence-corrected chi connectivity index (χ1v) is 7.84. The van der Waals surface area contributed by atoms with E-state index in [2.05, 4.69) is 0 Å². The zero-order valence-electron chi connectivity index (χ0n) is 12.8. The zero-order valence-corrected chi connectivity index (χ0v) is 13.6. The topological polar surface area (TPSA) is 60.1 Å². The Morgan fingerprint density at radius 1 is 1.08 bits per heavy atom. The Morgan fingerprint density at radius 3 is 2.38 bits per heavy atom. The molecule has 1 aliphatic heterocycles. The summed E-state index contributed by atoms with van der Waals surface area (Å²) in [5, 5.41) is 19.1. The van der Waals surface area contributed by atoms with Crippen LogP contribution in [-0.4, -0.2) is 11.4 Å². The molecule has 5 heteroatoms. The van der Waals surface area contributed by atoms with E-state index in [0.717, 1.165) is 11.1 Å². The molecular weight excluding hydrogens is 322 g/mol. The zero-order chi connectivity index (χ0) is 16.9. The lowest BCUT2D eigenvalue weighted by Gasteiger charge is -2.16. The van der Waals surface area contributed by atoms with Crippen LogP contribution in [0.25, 0.3) is 0 Å². The molecule has 0 spiro atoms. The van der Waals surface area contributed by atoms with Crippen LogP contribution in [-0.2, 0) is 11.3 Å². The summed E-state index contributed by atoms with van der Waals surface area (Å²) in [5.41, 5.74) is 2.04. The van der Waals surface area contributed by atoms with Gasteiger partial charge in [0.1, 0.15) is 18.2 Å². The van der Waals surface area contributed by atoms with Crippen LogP contribution in [0.2, 0.25) is 5.02 Å². The minimum Gasteiger partial charge on any atom is -0.467 e. The van der Waals surface area contributed by atoms with E-state index < -0.39 is 0 Å². The van der Waals surface area contributed by atoms with Crippen molar-refractivity contribution in [3.8, 4) is 12.1 Å². The summed E-state index contributed by atoms with van der Waals surface area (Å²) in [5.74, 6) is 0.337. The van der Waals surface area contributed by atoms with Crippen molar-refractivity contribution in [1.82, 2.24) is 4.90 Å². The van der Waals surface area contributed by atoms with Gasteiger partial charge in [-0.1, -0.05) is 54.1 Å². The number of hydrogen-bond donors (Lipinski definition) is 0. The number of nitriles is 2. The lowest BCUT2D eigenvalue weighted by molar-refractivity contribution is 0.160. The second-order valence-electron chi connectivity index (χ2n) is 5.43. The highest BCUT2D eigenvalue weighted by atomic mass is 35.5. The Bertz CT molecular complexity index is 816. The first kappa shape index (κ1) is 15.9. The van der Waals surface area contributed by atoms with Gasteiger partial charge in [0, 0.05) is 11.6 Å². The minimum absolute atomic E-state index is 0.0117. The molecule has 0 N–H and O–H groups in total. The normalized spacial score (nSPS) is 16.2. The van der Waals surface area contributed by atoms with E-state index in [-0.39, 0.29) is 11.7 Å². The van der Waals surface area contributed by atoms with Gasteiger partial charge < -0.3 is 9.64 Å². The Kier molecular flexibility index (Phi) is 4.70. The molecule has 1 heterocycles. The molecular formula is C19H14ClN3O. The van der Waals surface area contributed by atoms with Gasteiger partial charge in [-0.15, -0.1) is 0 Å². The van der Waals surface area contributed by atoms with Crippen LogP contribution < -0.4 is 0 Å². The molecule has 0 amide bonds. The van der Waals surface area contributed by atoms with Gasteiger partial charge in [-0.3, -0.25) is 0 Å². The minimum atomic E-state index is -0.238. The fourth-order valence-corrected chi connectivity index (χ4v) is 2.78. The number of rotatable bonds is 3. The molecule has 0 aliphatic carbocycles. The molecule has 0 aromatic heterocycles. The van der Waals surface area contributed by atoms with Crippen LogP contribution in [0, 0.1) is 22.7 Å². The van der Waals surface area contributed by atoms with E-state index in [1.165, 1.54) is 0 Å². The maximum Gasteiger partial charge on any atom is 0.219 e. The molecule has 24 heavy (non-hydrogen) atoms. The van der Waals surface area contributed by atoms with Crippen molar-refractivity contribution in [2.75, 3.05) is 6.54 Å². The van der Waals surface area contributed by atoms with Gasteiger partial charge >= 0.3 is 0 Å². The highest BCUT2D eigenvalue weighted by Crippen LogP contribution is 2.34. The molecule has 0 saturated carbocycles. The van der Waals surface area contributed by atoms with Crippen LogP contribution in [0.3, 0.4) is 0 Å². The smallest absolute Gasteiger partial charge is 0.219 e. The van der Waals surface area contributed by atoms with Gasteiger partial charge in [0.2, 0.25) is 5.88 Å². The predicted molar refractivity (Wildman–Crippen MR) is 90.4 cm³/mol. The summed E-state index contributed by atoms with van der Waals surface area (Å²) in [6.45, 7) is 1.14. The van der Waals surface area contributed by atoms with Crippen molar-refractivity contribution in [1.29, 1.82) is 10.5 Å². The van der Waals surface area contributed by atoms with Crippen LogP contribution >= 0.6 is 11.6 Å². The van der Waals surface area contributed by atoms with Crippen LogP contribution in [0.5, 0.6) is 0 Å². The lowest BCUT2D eigenvalue weighted by Crippen LogP contribution is -2.19. The number of hydrogen-bond acceptors (Lipinski definition) is 4. The third-order valence-electron chi connectivity index (χ3n) is 3.82. The highest BCUT2D eigenvalue weighted by Gasteiger charge is 2.32. The summed E-state index contributed by atoms with van der Waals surface area (Å²) in [7, 11) is 0. The molecule has 1 saturated heterocycles. The van der Waals surface area contributed by atoms with Crippen LogP contribution in [0.1, 0.15) is 17.2 Å². The quantitative estimate of drug-likeness (QED) is 0.790. The Balaban J connectivity index is 1.90. The summed E-state index contributed by atoms with van der Waals surface area (Å²) >= 11 is 5.93. The van der Waals surface area contributed by atoms with Gasteiger partial charge in [0.15, 0.2) is 5.57 Å².